The molecule has 1 rings (SSSR count). The maximum atomic E-state index is 12.1. The van der Waals surface area contributed by atoms with Crippen LogP contribution in [0.3, 0.4) is 0 Å². The molecule has 19 heavy (non-hydrogen) atoms. The van der Waals surface area contributed by atoms with Crippen LogP contribution in [0.15, 0.2) is 29.2 Å². The van der Waals surface area contributed by atoms with E-state index in [4.69, 9.17) is 10.8 Å². The smallest absolute Gasteiger partial charge is 0.243 e. The molecular formula is C12H14N2O4S. The van der Waals surface area contributed by atoms with Crippen molar-refractivity contribution in [2.75, 3.05) is 20.2 Å². The number of amides is 1. The van der Waals surface area contributed by atoms with Crippen LogP contribution in [0.4, 0.5) is 0 Å². The fourth-order valence-electron chi connectivity index (χ4n) is 1.36. The molecular weight excluding hydrogens is 268 g/mol. The summed E-state index contributed by atoms with van der Waals surface area (Å²) in [6.45, 7) is -0.701. The highest BCUT2D eigenvalue weighted by Gasteiger charge is 2.22. The van der Waals surface area contributed by atoms with Crippen molar-refractivity contribution in [1.82, 2.24) is 4.31 Å². The number of carbonyl (C=O) groups excluding carboxylic acids is 1. The van der Waals surface area contributed by atoms with Crippen LogP contribution < -0.4 is 5.73 Å². The zero-order valence-electron chi connectivity index (χ0n) is 10.3. The third kappa shape index (κ3) is 4.06. The minimum absolute atomic E-state index is 0.0148. The van der Waals surface area contributed by atoms with E-state index in [1.165, 1.54) is 25.2 Å². The van der Waals surface area contributed by atoms with E-state index in [-0.39, 0.29) is 11.5 Å². The average molecular weight is 282 g/mol. The van der Waals surface area contributed by atoms with E-state index in [2.05, 4.69) is 11.8 Å². The van der Waals surface area contributed by atoms with Crippen molar-refractivity contribution >= 4 is 15.9 Å². The molecule has 0 aliphatic rings. The molecule has 1 aromatic carbocycles. The van der Waals surface area contributed by atoms with Gasteiger partial charge in [0.15, 0.2) is 0 Å². The second kappa shape index (κ2) is 6.33. The molecule has 0 atom stereocenters. The van der Waals surface area contributed by atoms with E-state index >= 15 is 0 Å². The number of nitrogens with zero attached hydrogens (tertiary/aromatic N) is 1. The number of rotatable bonds is 4. The summed E-state index contributed by atoms with van der Waals surface area (Å²) in [4.78, 5) is 10.8. The number of aliphatic hydroxyl groups excluding tert-OH is 1. The maximum absolute atomic E-state index is 12.1. The molecule has 102 valence electrons. The fraction of sp³-hybridized carbons (Fsp3) is 0.250. The molecule has 1 amide bonds. The maximum Gasteiger partial charge on any atom is 0.243 e. The molecule has 0 aromatic heterocycles. The molecule has 0 bridgehead atoms. The Morgan fingerprint density at radius 1 is 1.47 bits per heavy atom. The zero-order chi connectivity index (χ0) is 14.5. The lowest BCUT2D eigenvalue weighted by Gasteiger charge is -2.15. The number of likely N-dealkylation sites (N-methyl/N-ethyl adjacent to an activating group) is 1. The summed E-state index contributed by atoms with van der Waals surface area (Å²) in [5.74, 6) is 4.31. The van der Waals surface area contributed by atoms with Crippen LogP contribution >= 0.6 is 0 Å². The molecule has 7 heteroatoms. The Hall–Kier alpha value is -1.88. The van der Waals surface area contributed by atoms with Gasteiger partial charge >= 0.3 is 0 Å². The number of hydrogen-bond donors (Lipinski definition) is 2. The standard InChI is InChI=1S/C12H14N2O4S/c1-14(9-12(13)16)19(17,18)11-6-2-4-10(8-11)5-3-7-15/h2,4,6,8,15H,7,9H2,1H3,(H2,13,16). The predicted molar refractivity (Wildman–Crippen MR) is 69.4 cm³/mol. The zero-order valence-corrected chi connectivity index (χ0v) is 11.1. The van der Waals surface area contributed by atoms with Crippen molar-refractivity contribution in [3.63, 3.8) is 0 Å². The summed E-state index contributed by atoms with van der Waals surface area (Å²) < 4.78 is 25.1. The number of aliphatic hydroxyl groups is 1. The number of nitrogens with two attached hydrogens (primary N) is 1. The van der Waals surface area contributed by atoms with Gasteiger partial charge < -0.3 is 10.8 Å². The topological polar surface area (TPSA) is 101 Å². The first kappa shape index (κ1) is 15.2. The lowest BCUT2D eigenvalue weighted by Crippen LogP contribution is -2.35. The quantitative estimate of drug-likeness (QED) is 0.701. The highest BCUT2D eigenvalue weighted by Crippen LogP contribution is 2.15. The summed E-state index contributed by atoms with van der Waals surface area (Å²) in [5.41, 5.74) is 5.43. The molecule has 0 fully saturated rings. The number of primary amides is 1. The fourth-order valence-corrected chi connectivity index (χ4v) is 2.54. The van der Waals surface area contributed by atoms with Crippen LogP contribution in [0.1, 0.15) is 5.56 Å². The van der Waals surface area contributed by atoms with E-state index < -0.39 is 22.5 Å². The van der Waals surface area contributed by atoms with E-state index in [1.54, 1.807) is 6.07 Å². The molecule has 0 unspecified atom stereocenters. The summed E-state index contributed by atoms with van der Waals surface area (Å²) >= 11 is 0. The summed E-state index contributed by atoms with van der Waals surface area (Å²) in [5, 5.41) is 8.59. The Kier molecular flexibility index (Phi) is 5.06. The van der Waals surface area contributed by atoms with Crippen molar-refractivity contribution in [2.24, 2.45) is 5.73 Å². The molecule has 3 N–H and O–H groups in total. The number of benzene rings is 1. The average Bonchev–Trinajstić information content (AvgIpc) is 2.35. The number of hydrogen-bond acceptors (Lipinski definition) is 4. The Balaban J connectivity index is 3.11. The second-order valence-electron chi connectivity index (χ2n) is 3.72. The Morgan fingerprint density at radius 3 is 2.74 bits per heavy atom. The molecule has 6 nitrogen and oxygen atoms in total. The van der Waals surface area contributed by atoms with Crippen molar-refractivity contribution in [1.29, 1.82) is 0 Å². The van der Waals surface area contributed by atoms with Gasteiger partial charge in [0.05, 0.1) is 11.4 Å². The predicted octanol–water partition coefficient (Wildman–Crippen LogP) is -0.864. The van der Waals surface area contributed by atoms with Gasteiger partial charge in [-0.2, -0.15) is 4.31 Å². The van der Waals surface area contributed by atoms with Crippen LogP contribution in [0, 0.1) is 11.8 Å². The normalized spacial score (nSPS) is 10.9. The highest BCUT2D eigenvalue weighted by molar-refractivity contribution is 7.89. The van der Waals surface area contributed by atoms with Crippen molar-refractivity contribution in [3.05, 3.63) is 29.8 Å². The molecule has 0 spiro atoms. The van der Waals surface area contributed by atoms with Gasteiger partial charge in [-0.1, -0.05) is 17.9 Å². The third-order valence-electron chi connectivity index (χ3n) is 2.23. The minimum atomic E-state index is -3.78. The van der Waals surface area contributed by atoms with E-state index in [0.717, 1.165) is 4.31 Å². The molecule has 0 aliphatic heterocycles. The van der Waals surface area contributed by atoms with Crippen molar-refractivity contribution in [2.45, 2.75) is 4.90 Å². The third-order valence-corrected chi connectivity index (χ3v) is 4.03. The van der Waals surface area contributed by atoms with Crippen LogP contribution in [-0.4, -0.2) is 43.9 Å². The van der Waals surface area contributed by atoms with Crippen LogP contribution in [-0.2, 0) is 14.8 Å². The van der Waals surface area contributed by atoms with E-state index in [0.29, 0.717) is 5.56 Å². The SMILES string of the molecule is CN(CC(N)=O)S(=O)(=O)c1cccc(C#CCO)c1. The molecule has 0 aliphatic carbocycles. The molecule has 0 saturated heterocycles. The molecule has 0 radical (unpaired) electrons. The lowest BCUT2D eigenvalue weighted by molar-refractivity contribution is -0.118. The van der Waals surface area contributed by atoms with Crippen molar-refractivity contribution < 1.29 is 18.3 Å². The Labute approximate surface area is 111 Å². The van der Waals surface area contributed by atoms with Crippen LogP contribution in [0.25, 0.3) is 0 Å². The van der Waals surface area contributed by atoms with Gasteiger partial charge in [-0.3, -0.25) is 4.79 Å². The van der Waals surface area contributed by atoms with Gasteiger partial charge in [-0.25, -0.2) is 8.42 Å². The first-order valence-corrected chi connectivity index (χ1v) is 6.76. The van der Waals surface area contributed by atoms with Gasteiger partial charge in [0.1, 0.15) is 6.61 Å². The van der Waals surface area contributed by atoms with Gasteiger partial charge in [-0.15, -0.1) is 0 Å². The van der Waals surface area contributed by atoms with Crippen molar-refractivity contribution in [3.8, 4) is 11.8 Å². The van der Waals surface area contributed by atoms with Crippen LogP contribution in [0.5, 0.6) is 0 Å². The monoisotopic (exact) mass is 282 g/mol. The van der Waals surface area contributed by atoms with E-state index in [9.17, 15) is 13.2 Å². The number of carbonyl (C=O) groups is 1. The Morgan fingerprint density at radius 2 is 2.16 bits per heavy atom. The highest BCUT2D eigenvalue weighted by atomic mass is 32.2. The summed E-state index contributed by atoms with van der Waals surface area (Å²) in [7, 11) is -2.51. The van der Waals surface area contributed by atoms with E-state index in [1.807, 2.05) is 0 Å². The molecule has 0 heterocycles. The summed E-state index contributed by atoms with van der Waals surface area (Å²) in [6.07, 6.45) is 0. The Bertz CT molecular complexity index is 629. The van der Waals surface area contributed by atoms with Gasteiger partial charge in [0.25, 0.3) is 0 Å². The lowest BCUT2D eigenvalue weighted by atomic mass is 10.2. The van der Waals surface area contributed by atoms with Gasteiger partial charge in [0, 0.05) is 12.6 Å². The minimum Gasteiger partial charge on any atom is -0.384 e. The van der Waals surface area contributed by atoms with Crippen LogP contribution in [0.2, 0.25) is 0 Å². The van der Waals surface area contributed by atoms with Gasteiger partial charge in [0.2, 0.25) is 15.9 Å². The second-order valence-corrected chi connectivity index (χ2v) is 5.76. The molecule has 0 saturated carbocycles. The largest absolute Gasteiger partial charge is 0.384 e. The first-order valence-electron chi connectivity index (χ1n) is 5.32. The van der Waals surface area contributed by atoms with Gasteiger partial charge in [-0.05, 0) is 18.2 Å². The molecule has 1 aromatic rings. The number of sulfonamides is 1. The first-order chi connectivity index (χ1) is 8.87. The summed E-state index contributed by atoms with van der Waals surface area (Å²) in [6, 6.07) is 5.93.